The predicted molar refractivity (Wildman–Crippen MR) is 151 cm³/mol. The quantitative estimate of drug-likeness (QED) is 0.279. The first-order valence-electron chi connectivity index (χ1n) is 12.0. The minimum Gasteiger partial charge on any atom is -0.354 e. The van der Waals surface area contributed by atoms with Crippen molar-refractivity contribution in [3.05, 3.63) is 106 Å². The van der Waals surface area contributed by atoms with Crippen LogP contribution in [0.2, 0.25) is 10.0 Å². The number of nitrogens with one attached hydrogen (secondary N) is 1. The molecule has 3 aromatic carbocycles. The van der Waals surface area contributed by atoms with Crippen LogP contribution < -0.4 is 5.32 Å². The average molecular weight is 544 g/mol. The van der Waals surface area contributed by atoms with Gasteiger partial charge in [-0.2, -0.15) is 0 Å². The van der Waals surface area contributed by atoms with Crippen LogP contribution in [0.4, 0.5) is 0 Å². The van der Waals surface area contributed by atoms with Gasteiger partial charge in [0.1, 0.15) is 6.04 Å². The van der Waals surface area contributed by atoms with Crippen LogP contribution in [0.15, 0.2) is 78.9 Å². The third-order valence-electron chi connectivity index (χ3n) is 5.58. The Morgan fingerprint density at radius 2 is 1.47 bits per heavy atom. The lowest BCUT2D eigenvalue weighted by atomic mass is 10.0. The smallest absolute Gasteiger partial charge is 0.243 e. The van der Waals surface area contributed by atoms with Gasteiger partial charge in [0.15, 0.2) is 0 Å². The molecule has 0 aliphatic heterocycles. The van der Waals surface area contributed by atoms with E-state index in [1.807, 2.05) is 86.6 Å². The number of halogens is 2. The Labute approximate surface area is 228 Å². The van der Waals surface area contributed by atoms with Crippen molar-refractivity contribution in [3.8, 4) is 0 Å². The summed E-state index contributed by atoms with van der Waals surface area (Å²) in [5.41, 5.74) is 2.93. The first-order valence-corrected chi connectivity index (χ1v) is 13.9. The number of amides is 2. The van der Waals surface area contributed by atoms with E-state index in [-0.39, 0.29) is 17.6 Å². The Hall–Kier alpha value is -2.47. The van der Waals surface area contributed by atoms with Crippen molar-refractivity contribution in [2.75, 3.05) is 12.3 Å². The molecule has 0 aliphatic carbocycles. The van der Waals surface area contributed by atoms with Crippen LogP contribution in [0.5, 0.6) is 0 Å². The van der Waals surface area contributed by atoms with Crippen molar-refractivity contribution in [3.63, 3.8) is 0 Å². The summed E-state index contributed by atoms with van der Waals surface area (Å²) in [5, 5.41) is 4.31. The van der Waals surface area contributed by atoms with Gasteiger partial charge in [0.2, 0.25) is 11.8 Å². The van der Waals surface area contributed by atoms with Crippen LogP contribution in [0, 0.1) is 5.92 Å². The topological polar surface area (TPSA) is 49.4 Å². The van der Waals surface area contributed by atoms with Crippen molar-refractivity contribution in [1.82, 2.24) is 10.2 Å². The zero-order valence-electron chi connectivity index (χ0n) is 20.6. The Kier molecular flexibility index (Phi) is 11.2. The molecular formula is C29H32Cl2N2O2S. The van der Waals surface area contributed by atoms with Gasteiger partial charge in [-0.25, -0.2) is 0 Å². The molecule has 3 aromatic rings. The molecule has 1 unspecified atom stereocenters. The highest BCUT2D eigenvalue weighted by molar-refractivity contribution is 7.99. The van der Waals surface area contributed by atoms with Gasteiger partial charge >= 0.3 is 0 Å². The summed E-state index contributed by atoms with van der Waals surface area (Å²) in [7, 11) is 0. The van der Waals surface area contributed by atoms with Gasteiger partial charge in [-0.1, -0.05) is 91.6 Å². The van der Waals surface area contributed by atoms with E-state index >= 15 is 0 Å². The average Bonchev–Trinajstić information content (AvgIpc) is 2.85. The fourth-order valence-electron chi connectivity index (χ4n) is 3.77. The molecule has 7 heteroatoms. The second-order valence-corrected chi connectivity index (χ2v) is 11.0. The molecule has 4 nitrogen and oxygen atoms in total. The maximum atomic E-state index is 13.6. The van der Waals surface area contributed by atoms with Gasteiger partial charge in [-0.15, -0.1) is 11.8 Å². The fourth-order valence-corrected chi connectivity index (χ4v) is 5.06. The minimum atomic E-state index is -0.649. The van der Waals surface area contributed by atoms with E-state index in [9.17, 15) is 9.59 Å². The Morgan fingerprint density at radius 1 is 0.861 bits per heavy atom. The van der Waals surface area contributed by atoms with E-state index in [1.165, 1.54) is 11.8 Å². The van der Waals surface area contributed by atoms with Crippen LogP contribution >= 0.6 is 35.0 Å². The summed E-state index contributed by atoms with van der Waals surface area (Å²) < 4.78 is 0. The zero-order valence-corrected chi connectivity index (χ0v) is 23.0. The molecule has 3 rings (SSSR count). The Balaban J connectivity index is 1.84. The number of rotatable bonds is 12. The van der Waals surface area contributed by atoms with Crippen LogP contribution in [-0.4, -0.2) is 35.1 Å². The molecule has 0 aliphatic rings. The van der Waals surface area contributed by atoms with Crippen molar-refractivity contribution in [2.45, 2.75) is 38.6 Å². The van der Waals surface area contributed by atoms with Gasteiger partial charge in [0, 0.05) is 35.3 Å². The van der Waals surface area contributed by atoms with Crippen LogP contribution in [0.25, 0.3) is 0 Å². The number of carbonyl (C=O) groups is 2. The number of nitrogens with zero attached hydrogens (tertiary/aromatic N) is 1. The van der Waals surface area contributed by atoms with Crippen molar-refractivity contribution >= 4 is 46.8 Å². The van der Waals surface area contributed by atoms with Crippen molar-refractivity contribution in [2.24, 2.45) is 5.92 Å². The molecule has 1 N–H and O–H groups in total. The lowest BCUT2D eigenvalue weighted by Gasteiger charge is -2.32. The maximum Gasteiger partial charge on any atom is 0.243 e. The molecule has 0 saturated heterocycles. The highest BCUT2D eigenvalue weighted by Crippen LogP contribution is 2.21. The summed E-state index contributed by atoms with van der Waals surface area (Å²) >= 11 is 13.8. The third-order valence-corrected chi connectivity index (χ3v) is 7.04. The van der Waals surface area contributed by atoms with E-state index in [1.54, 1.807) is 11.0 Å². The largest absolute Gasteiger partial charge is 0.354 e. The third kappa shape index (κ3) is 9.20. The summed E-state index contributed by atoms with van der Waals surface area (Å²) in [4.78, 5) is 28.8. The molecule has 0 saturated carbocycles. The molecule has 190 valence electrons. The van der Waals surface area contributed by atoms with Crippen LogP contribution in [-0.2, 0) is 28.3 Å². The Morgan fingerprint density at radius 3 is 2.11 bits per heavy atom. The lowest BCUT2D eigenvalue weighted by molar-refractivity contribution is -0.139. The van der Waals surface area contributed by atoms with Gasteiger partial charge in [-0.05, 0) is 46.9 Å². The van der Waals surface area contributed by atoms with Crippen molar-refractivity contribution in [1.29, 1.82) is 0 Å². The SMILES string of the molecule is CC(C)CNC(=O)C(Cc1ccccc1)N(Cc1cccc(Cl)c1)C(=O)CSCc1cccc(Cl)c1. The molecule has 1 atom stereocenters. The van der Waals surface area contributed by atoms with Gasteiger partial charge in [0.25, 0.3) is 0 Å². The van der Waals surface area contributed by atoms with E-state index in [2.05, 4.69) is 5.32 Å². The standard InChI is InChI=1S/C29H32Cl2N2O2S/c1-21(2)17-32-29(35)27(16-22-8-4-3-5-9-22)33(18-23-10-6-12-25(30)14-23)28(34)20-36-19-24-11-7-13-26(31)15-24/h3-15,21,27H,16-20H2,1-2H3,(H,32,35). The molecule has 36 heavy (non-hydrogen) atoms. The normalized spacial score (nSPS) is 11.8. The first-order chi connectivity index (χ1) is 17.3. The summed E-state index contributed by atoms with van der Waals surface area (Å²) in [6, 6.07) is 24.2. The number of hydrogen-bond acceptors (Lipinski definition) is 3. The maximum absolute atomic E-state index is 13.6. The molecule has 0 heterocycles. The predicted octanol–water partition coefficient (Wildman–Crippen LogP) is 6.64. The molecule has 0 spiro atoms. The number of hydrogen-bond donors (Lipinski definition) is 1. The number of thioether (sulfide) groups is 1. The molecule has 0 aromatic heterocycles. The minimum absolute atomic E-state index is 0.0948. The second-order valence-electron chi connectivity index (χ2n) is 9.12. The monoisotopic (exact) mass is 542 g/mol. The van der Waals surface area contributed by atoms with E-state index in [0.717, 1.165) is 16.7 Å². The Bertz CT molecular complexity index is 1140. The summed E-state index contributed by atoms with van der Waals surface area (Å²) in [6.07, 6.45) is 0.427. The van der Waals surface area contributed by atoms with Crippen LogP contribution in [0.3, 0.4) is 0 Å². The van der Waals surface area contributed by atoms with E-state index < -0.39 is 6.04 Å². The number of carbonyl (C=O) groups excluding carboxylic acids is 2. The highest BCUT2D eigenvalue weighted by Gasteiger charge is 2.30. The first kappa shape index (κ1) is 28.1. The summed E-state index contributed by atoms with van der Waals surface area (Å²) in [5.74, 6) is 0.956. The second kappa shape index (κ2) is 14.3. The lowest BCUT2D eigenvalue weighted by Crippen LogP contribution is -2.51. The van der Waals surface area contributed by atoms with Crippen LogP contribution in [0.1, 0.15) is 30.5 Å². The van der Waals surface area contributed by atoms with Crippen molar-refractivity contribution < 1.29 is 9.59 Å². The van der Waals surface area contributed by atoms with Gasteiger partial charge < -0.3 is 10.2 Å². The molecule has 0 radical (unpaired) electrons. The highest BCUT2D eigenvalue weighted by atomic mass is 35.5. The van der Waals surface area contributed by atoms with E-state index in [0.29, 0.717) is 41.2 Å². The zero-order chi connectivity index (χ0) is 25.9. The van der Waals surface area contributed by atoms with Gasteiger partial charge in [0.05, 0.1) is 5.75 Å². The molecule has 0 bridgehead atoms. The summed E-state index contributed by atoms with van der Waals surface area (Å²) in [6.45, 7) is 4.94. The number of benzene rings is 3. The van der Waals surface area contributed by atoms with E-state index in [4.69, 9.17) is 23.2 Å². The molecule has 2 amide bonds. The van der Waals surface area contributed by atoms with Gasteiger partial charge in [-0.3, -0.25) is 9.59 Å². The molecule has 0 fully saturated rings. The molecular weight excluding hydrogens is 511 g/mol. The fraction of sp³-hybridized carbons (Fsp3) is 0.310.